The molecule has 0 saturated carbocycles. The van der Waals surface area contributed by atoms with E-state index >= 15 is 0 Å². The summed E-state index contributed by atoms with van der Waals surface area (Å²) in [4.78, 5) is 10.4. The number of hydrogen-bond donors (Lipinski definition) is 0. The van der Waals surface area contributed by atoms with Crippen molar-refractivity contribution in [2.24, 2.45) is 0 Å². The average molecular weight is 309 g/mol. The number of carbonyl (C=O) groups is 1. The Balaban J connectivity index is 2.22. The van der Waals surface area contributed by atoms with Crippen molar-refractivity contribution < 1.29 is 28.3 Å². The summed E-state index contributed by atoms with van der Waals surface area (Å²) in [6, 6.07) is 4.37. The van der Waals surface area contributed by atoms with Crippen molar-refractivity contribution in [3.63, 3.8) is 0 Å². The van der Waals surface area contributed by atoms with Gasteiger partial charge in [-0.3, -0.25) is 0 Å². The van der Waals surface area contributed by atoms with Gasteiger partial charge >= 0.3 is 7.12 Å². The minimum absolute atomic E-state index is 0.129. The zero-order valence-electron chi connectivity index (χ0n) is 13.3. The summed E-state index contributed by atoms with van der Waals surface area (Å²) in [5, 5.41) is 10.4. The van der Waals surface area contributed by atoms with Crippen LogP contribution in [0.2, 0.25) is 0 Å². The number of hydrogen-bond acceptors (Lipinski definition) is 5. The van der Waals surface area contributed by atoms with E-state index in [2.05, 4.69) is 4.74 Å². The minimum Gasteiger partial charge on any atom is -0.542 e. The molecule has 0 N–H and O–H groups in total. The van der Waals surface area contributed by atoms with Crippen molar-refractivity contribution in [3.05, 3.63) is 29.6 Å². The molecule has 1 fully saturated rings. The summed E-state index contributed by atoms with van der Waals surface area (Å²) in [5.74, 6) is -0.582. The van der Waals surface area contributed by atoms with Gasteiger partial charge in [0.15, 0.2) is 0 Å². The lowest BCUT2D eigenvalue weighted by molar-refractivity contribution is -0.287. The van der Waals surface area contributed by atoms with Crippen molar-refractivity contribution in [2.75, 3.05) is 0 Å². The predicted molar refractivity (Wildman–Crippen MR) is 77.0 cm³/mol. The Hall–Kier alpha value is -1.60. The van der Waals surface area contributed by atoms with Crippen molar-refractivity contribution in [1.29, 1.82) is 0 Å². The van der Waals surface area contributed by atoms with Gasteiger partial charge in [-0.1, -0.05) is 12.1 Å². The molecule has 0 radical (unpaired) electrons. The standard InChI is InChI=1S/C15H20BFO5/c1-9(20-13(18)19)11-7-6-10(8-12(11)17)16-21-14(2,3)15(4,5)22-16/h6-9H,1-5H3,(H,18,19)/p-1. The summed E-state index contributed by atoms with van der Waals surface area (Å²) in [5.41, 5.74) is -0.374. The maximum Gasteiger partial charge on any atom is 0.494 e. The molecule has 120 valence electrons. The third kappa shape index (κ3) is 3.10. The van der Waals surface area contributed by atoms with Gasteiger partial charge in [-0.15, -0.1) is 0 Å². The Bertz CT molecular complexity index is 571. The molecule has 1 heterocycles. The van der Waals surface area contributed by atoms with E-state index in [4.69, 9.17) is 9.31 Å². The molecule has 1 unspecified atom stereocenters. The first-order chi connectivity index (χ1) is 10.0. The molecule has 0 amide bonds. The fourth-order valence-electron chi connectivity index (χ4n) is 2.21. The van der Waals surface area contributed by atoms with E-state index in [-0.39, 0.29) is 5.56 Å². The molecule has 0 aliphatic carbocycles. The summed E-state index contributed by atoms with van der Waals surface area (Å²) in [7, 11) is -0.675. The molecule has 1 aliphatic heterocycles. The van der Waals surface area contributed by atoms with Crippen LogP contribution < -0.4 is 10.6 Å². The highest BCUT2D eigenvalue weighted by Gasteiger charge is 2.51. The molecule has 1 aromatic carbocycles. The molecule has 2 rings (SSSR count). The highest BCUT2D eigenvalue weighted by atomic mass is 19.1. The molecule has 0 aromatic heterocycles. The van der Waals surface area contributed by atoms with Gasteiger partial charge in [0, 0.05) is 5.56 Å². The molecule has 1 atom stereocenters. The van der Waals surface area contributed by atoms with Gasteiger partial charge in [0.05, 0.1) is 17.3 Å². The molecule has 5 nitrogen and oxygen atoms in total. The predicted octanol–water partition coefficient (Wildman–Crippen LogP) is 1.55. The Morgan fingerprint density at radius 2 is 1.82 bits per heavy atom. The van der Waals surface area contributed by atoms with Crippen molar-refractivity contribution in [1.82, 2.24) is 0 Å². The number of carbonyl (C=O) groups excluding carboxylic acids is 1. The molecule has 22 heavy (non-hydrogen) atoms. The van der Waals surface area contributed by atoms with Gasteiger partial charge in [-0.05, 0) is 46.1 Å². The van der Waals surface area contributed by atoms with E-state index in [0.29, 0.717) is 5.46 Å². The van der Waals surface area contributed by atoms with Crippen LogP contribution >= 0.6 is 0 Å². The van der Waals surface area contributed by atoms with E-state index in [0.717, 1.165) is 0 Å². The Labute approximate surface area is 129 Å². The van der Waals surface area contributed by atoms with Crippen molar-refractivity contribution >= 4 is 18.7 Å². The molecule has 0 bridgehead atoms. The van der Waals surface area contributed by atoms with Crippen LogP contribution in [0.5, 0.6) is 0 Å². The molecule has 1 aliphatic rings. The summed E-state index contributed by atoms with van der Waals surface area (Å²) >= 11 is 0. The van der Waals surface area contributed by atoms with Crippen LogP contribution in [0.15, 0.2) is 18.2 Å². The lowest BCUT2D eigenvalue weighted by Crippen LogP contribution is -2.41. The first kappa shape index (κ1) is 16.8. The van der Waals surface area contributed by atoms with Crippen LogP contribution in [0, 0.1) is 5.82 Å². The van der Waals surface area contributed by atoms with Gasteiger partial charge in [0.1, 0.15) is 5.82 Å². The SMILES string of the molecule is CC(OC(=O)[O-])c1ccc(B2OC(C)(C)C(C)(C)O2)cc1F. The second-order valence-electron chi connectivity index (χ2n) is 6.38. The van der Waals surface area contributed by atoms with Gasteiger partial charge in [0.2, 0.25) is 0 Å². The van der Waals surface area contributed by atoms with Crippen LogP contribution in [-0.2, 0) is 14.0 Å². The average Bonchev–Trinajstić information content (AvgIpc) is 2.57. The van der Waals surface area contributed by atoms with Crippen molar-refractivity contribution in [2.45, 2.75) is 51.9 Å². The molecular formula is C15H19BFO5-. The highest BCUT2D eigenvalue weighted by Crippen LogP contribution is 2.36. The lowest BCUT2D eigenvalue weighted by atomic mass is 9.78. The first-order valence-corrected chi connectivity index (χ1v) is 7.06. The van der Waals surface area contributed by atoms with E-state index in [1.54, 1.807) is 6.07 Å². The highest BCUT2D eigenvalue weighted by molar-refractivity contribution is 6.62. The smallest absolute Gasteiger partial charge is 0.494 e. The van der Waals surface area contributed by atoms with Crippen LogP contribution in [-0.4, -0.2) is 24.5 Å². The van der Waals surface area contributed by atoms with Gasteiger partial charge in [-0.2, -0.15) is 0 Å². The monoisotopic (exact) mass is 309 g/mol. The van der Waals surface area contributed by atoms with E-state index in [9.17, 15) is 14.3 Å². The second-order valence-corrected chi connectivity index (χ2v) is 6.38. The number of halogens is 1. The first-order valence-electron chi connectivity index (χ1n) is 7.06. The maximum atomic E-state index is 14.2. The quantitative estimate of drug-likeness (QED) is 0.626. The third-order valence-corrected chi connectivity index (χ3v) is 4.26. The Kier molecular flexibility index (Phi) is 4.23. The molecule has 0 spiro atoms. The minimum atomic E-state index is -1.69. The van der Waals surface area contributed by atoms with Crippen molar-refractivity contribution in [3.8, 4) is 0 Å². The van der Waals surface area contributed by atoms with E-state index < -0.39 is 36.4 Å². The van der Waals surface area contributed by atoms with Gasteiger partial charge < -0.3 is 23.9 Å². The van der Waals surface area contributed by atoms with E-state index in [1.807, 2.05) is 27.7 Å². The van der Waals surface area contributed by atoms with Gasteiger partial charge in [-0.25, -0.2) is 4.39 Å². The van der Waals surface area contributed by atoms with E-state index in [1.165, 1.54) is 19.1 Å². The maximum absolute atomic E-state index is 14.2. The largest absolute Gasteiger partial charge is 0.542 e. The molecular weight excluding hydrogens is 290 g/mol. The van der Waals surface area contributed by atoms with Crippen LogP contribution in [0.4, 0.5) is 9.18 Å². The zero-order valence-corrected chi connectivity index (χ0v) is 13.3. The topological polar surface area (TPSA) is 67.8 Å². The van der Waals surface area contributed by atoms with Crippen LogP contribution in [0.1, 0.15) is 46.3 Å². The number of benzene rings is 1. The summed E-state index contributed by atoms with van der Waals surface area (Å²) < 4.78 is 30.3. The number of carboxylic acid groups (broad SMARTS) is 1. The lowest BCUT2D eigenvalue weighted by Gasteiger charge is -2.32. The van der Waals surface area contributed by atoms with Crippen LogP contribution in [0.3, 0.4) is 0 Å². The summed E-state index contributed by atoms with van der Waals surface area (Å²) in [6.07, 6.45) is -2.64. The third-order valence-electron chi connectivity index (χ3n) is 4.26. The molecule has 7 heteroatoms. The number of rotatable bonds is 3. The fraction of sp³-hybridized carbons (Fsp3) is 0.533. The molecule has 1 aromatic rings. The normalized spacial score (nSPS) is 20.7. The Morgan fingerprint density at radius 1 is 1.27 bits per heavy atom. The molecule has 1 saturated heterocycles. The zero-order chi connectivity index (χ0) is 16.7. The second kappa shape index (κ2) is 5.55. The Morgan fingerprint density at radius 3 is 2.27 bits per heavy atom. The summed E-state index contributed by atoms with van der Waals surface area (Å²) in [6.45, 7) is 9.07. The fourth-order valence-corrected chi connectivity index (χ4v) is 2.21. The van der Waals surface area contributed by atoms with Gasteiger partial charge in [0.25, 0.3) is 6.16 Å². The van der Waals surface area contributed by atoms with Crippen LogP contribution in [0.25, 0.3) is 0 Å². The number of ether oxygens (including phenoxy) is 1.